The lowest BCUT2D eigenvalue weighted by Crippen LogP contribution is -2.44. The summed E-state index contributed by atoms with van der Waals surface area (Å²) in [5, 5.41) is 3.50. The maximum absolute atomic E-state index is 14.0. The van der Waals surface area contributed by atoms with Crippen molar-refractivity contribution in [3.63, 3.8) is 0 Å². The normalized spacial score (nSPS) is 21.5. The summed E-state index contributed by atoms with van der Waals surface area (Å²) in [5.41, 5.74) is 3.81. The molecule has 29 heavy (non-hydrogen) atoms. The number of methoxy groups -OCH3 is 1. The van der Waals surface area contributed by atoms with Crippen molar-refractivity contribution in [2.75, 3.05) is 25.5 Å². The molecule has 154 valence electrons. The van der Waals surface area contributed by atoms with Crippen LogP contribution in [0.3, 0.4) is 0 Å². The van der Waals surface area contributed by atoms with Crippen LogP contribution in [0, 0.1) is 6.92 Å². The molecule has 2 N–H and O–H groups in total. The van der Waals surface area contributed by atoms with Crippen LogP contribution < -0.4 is 15.5 Å². The summed E-state index contributed by atoms with van der Waals surface area (Å²) in [5.74, 6) is -2.41. The third-order valence-electron chi connectivity index (χ3n) is 5.59. The summed E-state index contributed by atoms with van der Waals surface area (Å²) >= 11 is 0. The first kappa shape index (κ1) is 19.6. The van der Waals surface area contributed by atoms with Gasteiger partial charge in [0.2, 0.25) is 11.4 Å². The molecule has 1 fully saturated rings. The summed E-state index contributed by atoms with van der Waals surface area (Å²) in [4.78, 5) is 17.8. The maximum atomic E-state index is 14.0. The quantitative estimate of drug-likeness (QED) is 0.813. The molecule has 2 aliphatic rings. The number of likely N-dealkylation sites (tertiary alicyclic amines) is 1. The van der Waals surface area contributed by atoms with Gasteiger partial charge in [0.15, 0.2) is 5.75 Å². The number of alkyl halides is 2. The Morgan fingerprint density at radius 3 is 2.79 bits per heavy atom. The zero-order chi connectivity index (χ0) is 20.6. The first-order chi connectivity index (χ1) is 13.9. The molecule has 1 unspecified atom stereocenters. The Morgan fingerprint density at radius 1 is 1.21 bits per heavy atom. The first-order valence-corrected chi connectivity index (χ1v) is 9.85. The van der Waals surface area contributed by atoms with E-state index in [1.54, 1.807) is 0 Å². The molecular formula is C22H25F2N3O2. The van der Waals surface area contributed by atoms with E-state index in [2.05, 4.69) is 10.3 Å². The number of pyridine rings is 1. The van der Waals surface area contributed by atoms with E-state index in [1.165, 1.54) is 13.2 Å². The highest BCUT2D eigenvalue weighted by molar-refractivity contribution is 5.92. The number of nitrogens with zero attached hydrogens (tertiary/aromatic N) is 1. The van der Waals surface area contributed by atoms with Gasteiger partial charge in [0.1, 0.15) is 6.17 Å². The second kappa shape index (κ2) is 7.63. The minimum absolute atomic E-state index is 0.101. The van der Waals surface area contributed by atoms with Crippen molar-refractivity contribution >= 4 is 17.3 Å². The number of benzene rings is 1. The standard InChI is InChI=1S/C22H25F2N3O2/c1-14-12-18(28)20(29-2)19(25-14)16-13-15-6-3-4-7-17(15)26-21(16)27-10-5-8-22(23,24)9-11-27/h3-4,6-7,12-13,21,26H,5,8-11H2,1-2H3,(H,25,28). The lowest BCUT2D eigenvalue weighted by Gasteiger charge is -2.37. The van der Waals surface area contributed by atoms with E-state index in [4.69, 9.17) is 4.74 Å². The van der Waals surface area contributed by atoms with Crippen molar-refractivity contribution in [3.8, 4) is 5.75 Å². The molecule has 2 aromatic rings. The molecule has 0 amide bonds. The number of H-pyrrole nitrogens is 1. The van der Waals surface area contributed by atoms with E-state index < -0.39 is 5.92 Å². The number of para-hydroxylation sites is 1. The molecule has 3 heterocycles. The Kier molecular flexibility index (Phi) is 5.17. The van der Waals surface area contributed by atoms with Crippen LogP contribution >= 0.6 is 0 Å². The van der Waals surface area contributed by atoms with E-state index in [0.29, 0.717) is 24.4 Å². The first-order valence-electron chi connectivity index (χ1n) is 9.85. The lowest BCUT2D eigenvalue weighted by atomic mass is 9.97. The highest BCUT2D eigenvalue weighted by Gasteiger charge is 2.36. The van der Waals surface area contributed by atoms with E-state index in [0.717, 1.165) is 16.8 Å². The molecule has 0 saturated carbocycles. The van der Waals surface area contributed by atoms with Gasteiger partial charge in [0, 0.05) is 49.0 Å². The molecule has 2 aliphatic heterocycles. The van der Waals surface area contributed by atoms with E-state index >= 15 is 0 Å². The summed E-state index contributed by atoms with van der Waals surface area (Å²) < 4.78 is 33.3. The average Bonchev–Trinajstić information content (AvgIpc) is 2.87. The number of anilines is 1. The van der Waals surface area contributed by atoms with Crippen LogP contribution in [-0.4, -0.2) is 42.2 Å². The predicted octanol–water partition coefficient (Wildman–Crippen LogP) is 4.11. The molecule has 0 bridgehead atoms. The van der Waals surface area contributed by atoms with E-state index in [9.17, 15) is 13.6 Å². The van der Waals surface area contributed by atoms with Crippen LogP contribution in [-0.2, 0) is 0 Å². The molecular weight excluding hydrogens is 376 g/mol. The van der Waals surface area contributed by atoms with E-state index in [-0.39, 0.29) is 36.7 Å². The van der Waals surface area contributed by atoms with Gasteiger partial charge in [-0.25, -0.2) is 8.78 Å². The molecule has 1 saturated heterocycles. The molecule has 4 rings (SSSR count). The van der Waals surface area contributed by atoms with Gasteiger partial charge in [0.25, 0.3) is 0 Å². The smallest absolute Gasteiger partial charge is 0.249 e. The lowest BCUT2D eigenvalue weighted by molar-refractivity contribution is -0.0133. The summed E-state index contributed by atoms with van der Waals surface area (Å²) in [6.45, 7) is 2.63. The van der Waals surface area contributed by atoms with Crippen molar-refractivity contribution in [1.82, 2.24) is 9.88 Å². The van der Waals surface area contributed by atoms with Crippen LogP contribution in [0.4, 0.5) is 14.5 Å². The molecule has 1 atom stereocenters. The number of aromatic amines is 1. The molecule has 0 radical (unpaired) electrons. The molecule has 5 nitrogen and oxygen atoms in total. The van der Waals surface area contributed by atoms with Gasteiger partial charge >= 0.3 is 0 Å². The van der Waals surface area contributed by atoms with Gasteiger partial charge < -0.3 is 15.0 Å². The number of hydrogen-bond donors (Lipinski definition) is 2. The third kappa shape index (κ3) is 3.92. The SMILES string of the molecule is COc1c(C2=Cc3ccccc3NC2N2CCCC(F)(F)CC2)[nH]c(C)cc1=O. The molecule has 1 aromatic heterocycles. The zero-order valence-electron chi connectivity index (χ0n) is 16.6. The highest BCUT2D eigenvalue weighted by atomic mass is 19.3. The van der Waals surface area contributed by atoms with Gasteiger partial charge in [-0.1, -0.05) is 18.2 Å². The minimum atomic E-state index is -2.64. The number of aryl methyl sites for hydroxylation is 1. The largest absolute Gasteiger partial charge is 0.491 e. The highest BCUT2D eigenvalue weighted by Crippen LogP contribution is 2.37. The van der Waals surface area contributed by atoms with E-state index in [1.807, 2.05) is 42.2 Å². The van der Waals surface area contributed by atoms with Gasteiger partial charge in [-0.15, -0.1) is 0 Å². The number of halogens is 2. The minimum Gasteiger partial charge on any atom is -0.491 e. The number of aromatic nitrogens is 1. The number of hydrogen-bond acceptors (Lipinski definition) is 4. The van der Waals surface area contributed by atoms with Crippen molar-refractivity contribution in [3.05, 3.63) is 57.5 Å². The molecule has 1 aromatic carbocycles. The van der Waals surface area contributed by atoms with Crippen molar-refractivity contribution in [2.24, 2.45) is 0 Å². The van der Waals surface area contributed by atoms with Crippen molar-refractivity contribution < 1.29 is 13.5 Å². The van der Waals surface area contributed by atoms with Crippen LogP contribution in [0.25, 0.3) is 11.6 Å². The van der Waals surface area contributed by atoms with Gasteiger partial charge in [-0.2, -0.15) is 0 Å². The zero-order valence-corrected chi connectivity index (χ0v) is 16.6. The Labute approximate surface area is 168 Å². The van der Waals surface area contributed by atoms with Crippen molar-refractivity contribution in [1.29, 1.82) is 0 Å². The summed E-state index contributed by atoms with van der Waals surface area (Å²) in [6, 6.07) is 9.33. The Balaban J connectivity index is 1.82. The Bertz CT molecular complexity index is 1000. The number of fused-ring (bicyclic) bond motifs is 1. The fraction of sp³-hybridized carbons (Fsp3) is 0.409. The second-order valence-electron chi connectivity index (χ2n) is 7.70. The summed E-state index contributed by atoms with van der Waals surface area (Å²) in [7, 11) is 1.47. The molecule has 0 aliphatic carbocycles. The van der Waals surface area contributed by atoms with Crippen LogP contribution in [0.1, 0.15) is 36.2 Å². The predicted molar refractivity (Wildman–Crippen MR) is 110 cm³/mol. The maximum Gasteiger partial charge on any atom is 0.249 e. The van der Waals surface area contributed by atoms with Crippen LogP contribution in [0.2, 0.25) is 0 Å². The van der Waals surface area contributed by atoms with Crippen LogP contribution in [0.5, 0.6) is 5.75 Å². The van der Waals surface area contributed by atoms with Gasteiger partial charge in [0.05, 0.1) is 12.8 Å². The monoisotopic (exact) mass is 401 g/mol. The number of rotatable bonds is 3. The number of nitrogens with one attached hydrogen (secondary N) is 2. The van der Waals surface area contributed by atoms with Gasteiger partial charge in [-0.05, 0) is 31.1 Å². The second-order valence-corrected chi connectivity index (χ2v) is 7.70. The topological polar surface area (TPSA) is 57.4 Å². The molecule has 7 heteroatoms. The average molecular weight is 401 g/mol. The molecule has 0 spiro atoms. The fourth-order valence-electron chi connectivity index (χ4n) is 4.15. The fourth-order valence-corrected chi connectivity index (χ4v) is 4.15. The summed E-state index contributed by atoms with van der Waals surface area (Å²) in [6.07, 6.45) is 1.80. The van der Waals surface area contributed by atoms with Crippen LogP contribution in [0.15, 0.2) is 35.1 Å². The Hall–Kier alpha value is -2.67. The third-order valence-corrected chi connectivity index (χ3v) is 5.59. The number of ether oxygens (including phenoxy) is 1. The van der Waals surface area contributed by atoms with Gasteiger partial charge in [-0.3, -0.25) is 9.69 Å². The Morgan fingerprint density at radius 2 is 2.00 bits per heavy atom. The van der Waals surface area contributed by atoms with Crippen molar-refractivity contribution in [2.45, 2.75) is 38.3 Å².